The van der Waals surface area contributed by atoms with Gasteiger partial charge in [0.25, 0.3) is 5.91 Å². The Bertz CT molecular complexity index is 1190. The van der Waals surface area contributed by atoms with Crippen molar-refractivity contribution in [2.45, 2.75) is 72.6 Å². The van der Waals surface area contributed by atoms with E-state index in [9.17, 15) is 9.59 Å². The molecule has 0 saturated heterocycles. The first-order chi connectivity index (χ1) is 18.1. The minimum atomic E-state index is -0.261. The van der Waals surface area contributed by atoms with Crippen molar-refractivity contribution in [1.29, 1.82) is 0 Å². The molecule has 2 amide bonds. The molecule has 0 atom stereocenters. The molecule has 0 radical (unpaired) electrons. The molecule has 7 nitrogen and oxygen atoms in total. The van der Waals surface area contributed by atoms with Crippen LogP contribution in [0, 0.1) is 6.92 Å². The van der Waals surface area contributed by atoms with Gasteiger partial charge in [0.2, 0.25) is 5.91 Å². The topological polar surface area (TPSA) is 76.5 Å². The fourth-order valence-corrected chi connectivity index (χ4v) is 3.89. The second kappa shape index (κ2) is 13.3. The van der Waals surface area contributed by atoms with Crippen molar-refractivity contribution in [3.8, 4) is 11.4 Å². The minimum Gasteiger partial charge on any atom is -0.494 e. The number of carbonyl (C=O) groups excluding carboxylic acids is 2. The molecule has 7 heteroatoms. The van der Waals surface area contributed by atoms with E-state index in [0.717, 1.165) is 48.4 Å². The van der Waals surface area contributed by atoms with Gasteiger partial charge in [0.15, 0.2) is 0 Å². The second-order valence-electron chi connectivity index (χ2n) is 10.8. The van der Waals surface area contributed by atoms with Crippen LogP contribution in [0.5, 0.6) is 5.75 Å². The Kier molecular flexibility index (Phi) is 10.1. The van der Waals surface area contributed by atoms with Crippen molar-refractivity contribution < 1.29 is 14.3 Å². The summed E-state index contributed by atoms with van der Waals surface area (Å²) in [5, 5.41) is 7.81. The van der Waals surface area contributed by atoms with Gasteiger partial charge in [-0.05, 0) is 56.2 Å². The van der Waals surface area contributed by atoms with Crippen LogP contribution >= 0.6 is 0 Å². The lowest BCUT2D eigenvalue weighted by Crippen LogP contribution is -2.39. The summed E-state index contributed by atoms with van der Waals surface area (Å²) in [6.07, 6.45) is 3.78. The van der Waals surface area contributed by atoms with E-state index >= 15 is 0 Å². The molecular formula is C31H42N4O3. The van der Waals surface area contributed by atoms with Gasteiger partial charge in [-0.1, -0.05) is 65.2 Å². The fourth-order valence-electron chi connectivity index (χ4n) is 3.89. The Hall–Kier alpha value is -3.61. The molecule has 0 unspecified atom stereocenters. The van der Waals surface area contributed by atoms with Gasteiger partial charge >= 0.3 is 0 Å². The maximum atomic E-state index is 13.4. The largest absolute Gasteiger partial charge is 0.494 e. The average Bonchev–Trinajstić information content (AvgIpc) is 3.31. The Morgan fingerprint density at radius 2 is 1.63 bits per heavy atom. The highest BCUT2D eigenvalue weighted by Crippen LogP contribution is 2.26. The number of rotatable bonds is 12. The highest BCUT2D eigenvalue weighted by molar-refractivity contribution is 5.99. The molecule has 0 spiro atoms. The maximum absolute atomic E-state index is 13.4. The summed E-state index contributed by atoms with van der Waals surface area (Å²) in [5.74, 6) is 0.894. The summed E-state index contributed by atoms with van der Waals surface area (Å²) in [4.78, 5) is 28.2. The third-order valence-electron chi connectivity index (χ3n) is 6.29. The molecule has 3 aromatic rings. The maximum Gasteiger partial charge on any atom is 0.254 e. The van der Waals surface area contributed by atoms with Crippen LogP contribution in [0.3, 0.4) is 0 Å². The summed E-state index contributed by atoms with van der Waals surface area (Å²) >= 11 is 0. The highest BCUT2D eigenvalue weighted by Gasteiger charge is 2.23. The number of unbranched alkanes of at least 4 members (excludes halogenated alkanes) is 2. The molecule has 3 rings (SSSR count). The van der Waals surface area contributed by atoms with Crippen LogP contribution in [0.15, 0.2) is 54.6 Å². The van der Waals surface area contributed by atoms with Crippen LogP contribution in [-0.4, -0.2) is 46.2 Å². The summed E-state index contributed by atoms with van der Waals surface area (Å²) in [5.41, 5.74) is 3.23. The molecule has 0 fully saturated rings. The zero-order valence-corrected chi connectivity index (χ0v) is 23.7. The average molecular weight is 519 g/mol. The van der Waals surface area contributed by atoms with Crippen LogP contribution < -0.4 is 10.1 Å². The van der Waals surface area contributed by atoms with E-state index in [0.29, 0.717) is 24.5 Å². The van der Waals surface area contributed by atoms with E-state index in [4.69, 9.17) is 9.84 Å². The fraction of sp³-hybridized carbons (Fsp3) is 0.452. The number of carbonyl (C=O) groups is 2. The Morgan fingerprint density at radius 1 is 0.974 bits per heavy atom. The minimum absolute atomic E-state index is 0.0441. The normalized spacial score (nSPS) is 11.3. The molecule has 204 valence electrons. The molecule has 2 aromatic carbocycles. The number of anilines is 1. The van der Waals surface area contributed by atoms with E-state index in [1.165, 1.54) is 0 Å². The van der Waals surface area contributed by atoms with Crippen LogP contribution in [-0.2, 0) is 10.2 Å². The van der Waals surface area contributed by atoms with Crippen molar-refractivity contribution in [3.05, 3.63) is 71.4 Å². The molecule has 1 heterocycles. The van der Waals surface area contributed by atoms with Crippen LogP contribution in [0.4, 0.5) is 5.82 Å². The Morgan fingerprint density at radius 3 is 2.24 bits per heavy atom. The number of amides is 2. The van der Waals surface area contributed by atoms with Gasteiger partial charge in [0.05, 0.1) is 18.0 Å². The zero-order chi connectivity index (χ0) is 27.7. The monoisotopic (exact) mass is 518 g/mol. The lowest BCUT2D eigenvalue weighted by molar-refractivity contribution is -0.117. The first-order valence-corrected chi connectivity index (χ1v) is 13.6. The lowest BCUT2D eigenvalue weighted by Gasteiger charge is -2.22. The number of aromatic nitrogens is 2. The van der Waals surface area contributed by atoms with Gasteiger partial charge in [-0.3, -0.25) is 9.59 Å². The van der Waals surface area contributed by atoms with Crippen molar-refractivity contribution in [2.24, 2.45) is 0 Å². The number of ether oxygens (including phenoxy) is 1. The first kappa shape index (κ1) is 29.0. The Balaban J connectivity index is 1.78. The van der Waals surface area contributed by atoms with E-state index in [1.54, 1.807) is 21.7 Å². The third kappa shape index (κ3) is 7.94. The smallest absolute Gasteiger partial charge is 0.254 e. The number of hydrogen-bond donors (Lipinski definition) is 1. The molecule has 1 N–H and O–H groups in total. The van der Waals surface area contributed by atoms with E-state index < -0.39 is 0 Å². The number of benzene rings is 2. The molecule has 0 aliphatic carbocycles. The number of nitrogens with zero attached hydrogens (tertiary/aromatic N) is 3. The van der Waals surface area contributed by atoms with Crippen LogP contribution in [0.2, 0.25) is 0 Å². The molecule has 38 heavy (non-hydrogen) atoms. The first-order valence-electron chi connectivity index (χ1n) is 13.6. The predicted octanol–water partition coefficient (Wildman–Crippen LogP) is 6.54. The predicted molar refractivity (Wildman–Crippen MR) is 153 cm³/mol. The van der Waals surface area contributed by atoms with E-state index in [-0.39, 0.29) is 23.8 Å². The van der Waals surface area contributed by atoms with Crippen LogP contribution in [0.25, 0.3) is 5.69 Å². The van der Waals surface area contributed by atoms with Gasteiger partial charge in [-0.25, -0.2) is 4.68 Å². The summed E-state index contributed by atoms with van der Waals surface area (Å²) in [6.45, 7) is 13.6. The molecule has 0 bridgehead atoms. The number of hydrogen-bond acceptors (Lipinski definition) is 4. The highest BCUT2D eigenvalue weighted by atomic mass is 16.5. The van der Waals surface area contributed by atoms with Gasteiger partial charge in [-0.15, -0.1) is 0 Å². The molecule has 0 aliphatic heterocycles. The van der Waals surface area contributed by atoms with Crippen LogP contribution in [0.1, 0.15) is 81.9 Å². The van der Waals surface area contributed by atoms with Crippen molar-refractivity contribution in [3.63, 3.8) is 0 Å². The summed E-state index contributed by atoms with van der Waals surface area (Å²) in [6, 6.07) is 17.1. The Labute approximate surface area is 227 Å². The quantitative estimate of drug-likeness (QED) is 0.276. The van der Waals surface area contributed by atoms with E-state index in [1.807, 2.05) is 49.4 Å². The van der Waals surface area contributed by atoms with Gasteiger partial charge in [-0.2, -0.15) is 5.10 Å². The third-order valence-corrected chi connectivity index (χ3v) is 6.29. The van der Waals surface area contributed by atoms with E-state index in [2.05, 4.69) is 39.9 Å². The standard InChI is InChI=1S/C31H42N4O3/c1-7-9-19-34(30(37)24-13-17-26(18-14-24)38-20-10-8-2)22-29(36)32-28-21-27(31(4,5)6)33-35(28)25-15-11-23(3)12-16-25/h11-18,21H,7-10,19-20,22H2,1-6H3,(H,32,36). The molecule has 0 aliphatic rings. The second-order valence-corrected chi connectivity index (χ2v) is 10.8. The van der Waals surface area contributed by atoms with Crippen molar-refractivity contribution in [1.82, 2.24) is 14.7 Å². The van der Waals surface area contributed by atoms with Gasteiger partial charge in [0, 0.05) is 23.6 Å². The number of nitrogens with one attached hydrogen (secondary N) is 1. The summed E-state index contributed by atoms with van der Waals surface area (Å²) in [7, 11) is 0. The summed E-state index contributed by atoms with van der Waals surface area (Å²) < 4.78 is 7.48. The molecular weight excluding hydrogens is 476 g/mol. The molecule has 1 aromatic heterocycles. The molecule has 0 saturated carbocycles. The zero-order valence-electron chi connectivity index (χ0n) is 23.7. The van der Waals surface area contributed by atoms with Gasteiger partial charge < -0.3 is 15.0 Å². The SMILES string of the molecule is CCCCOc1ccc(C(=O)N(CCCC)CC(=O)Nc2cc(C(C)(C)C)nn2-c2ccc(C)cc2)cc1. The number of aryl methyl sites for hydroxylation is 1. The van der Waals surface area contributed by atoms with Crippen molar-refractivity contribution in [2.75, 3.05) is 25.0 Å². The van der Waals surface area contributed by atoms with Crippen molar-refractivity contribution >= 4 is 17.6 Å². The van der Waals surface area contributed by atoms with Gasteiger partial charge in [0.1, 0.15) is 18.1 Å². The lowest BCUT2D eigenvalue weighted by atomic mass is 9.92.